The third-order valence-corrected chi connectivity index (χ3v) is 4.18. The van der Waals surface area contributed by atoms with Gasteiger partial charge in [-0.25, -0.2) is 0 Å². The molecular weight excluding hydrogens is 298 g/mol. The van der Waals surface area contributed by atoms with Crippen LogP contribution in [0.25, 0.3) is 0 Å². The predicted molar refractivity (Wildman–Crippen MR) is 100 cm³/mol. The summed E-state index contributed by atoms with van der Waals surface area (Å²) in [6.07, 6.45) is 0. The van der Waals surface area contributed by atoms with Crippen LogP contribution >= 0.6 is 0 Å². The Kier molecular flexibility index (Phi) is 7.30. The highest BCUT2D eigenvalue weighted by Gasteiger charge is 2.11. The summed E-state index contributed by atoms with van der Waals surface area (Å²) in [6, 6.07) is 20.5. The van der Waals surface area contributed by atoms with Crippen LogP contribution in [0.2, 0.25) is 0 Å². The molecule has 0 fully saturated rings. The Morgan fingerprint density at radius 3 is 2.00 bits per heavy atom. The SMILES string of the molecule is CN=C(NCC(C)c1ccccc1)NCC(CO)c1ccccc1. The van der Waals surface area contributed by atoms with E-state index in [4.69, 9.17) is 0 Å². The number of hydrogen-bond acceptors (Lipinski definition) is 2. The molecule has 2 aromatic carbocycles. The van der Waals surface area contributed by atoms with Gasteiger partial charge in [0.25, 0.3) is 0 Å². The first-order valence-corrected chi connectivity index (χ1v) is 8.39. The largest absolute Gasteiger partial charge is 0.396 e. The van der Waals surface area contributed by atoms with Gasteiger partial charge in [-0.15, -0.1) is 0 Å². The fourth-order valence-corrected chi connectivity index (χ4v) is 2.60. The maximum atomic E-state index is 9.63. The van der Waals surface area contributed by atoms with E-state index in [9.17, 15) is 5.11 Å². The maximum absolute atomic E-state index is 9.63. The molecule has 0 aliphatic rings. The summed E-state index contributed by atoms with van der Waals surface area (Å²) in [4.78, 5) is 4.27. The van der Waals surface area contributed by atoms with E-state index >= 15 is 0 Å². The van der Waals surface area contributed by atoms with Crippen LogP contribution in [0, 0.1) is 0 Å². The van der Waals surface area contributed by atoms with Gasteiger partial charge in [-0.2, -0.15) is 0 Å². The molecule has 4 heteroatoms. The van der Waals surface area contributed by atoms with Crippen molar-refractivity contribution in [2.75, 3.05) is 26.7 Å². The number of aliphatic hydroxyl groups is 1. The molecule has 0 bridgehead atoms. The molecule has 0 saturated heterocycles. The van der Waals surface area contributed by atoms with Gasteiger partial charge in [0.1, 0.15) is 0 Å². The summed E-state index contributed by atoms with van der Waals surface area (Å²) in [7, 11) is 1.76. The zero-order chi connectivity index (χ0) is 17.2. The molecule has 2 unspecified atom stereocenters. The van der Waals surface area contributed by atoms with E-state index in [1.165, 1.54) is 5.56 Å². The Bertz CT molecular complexity index is 613. The van der Waals surface area contributed by atoms with Crippen molar-refractivity contribution in [1.29, 1.82) is 0 Å². The van der Waals surface area contributed by atoms with Crippen LogP contribution in [-0.4, -0.2) is 37.8 Å². The van der Waals surface area contributed by atoms with Crippen molar-refractivity contribution in [3.63, 3.8) is 0 Å². The number of aliphatic imine (C=N–C) groups is 1. The molecule has 4 nitrogen and oxygen atoms in total. The summed E-state index contributed by atoms with van der Waals surface area (Å²) < 4.78 is 0. The van der Waals surface area contributed by atoms with E-state index in [1.807, 2.05) is 36.4 Å². The average molecular weight is 325 g/mol. The van der Waals surface area contributed by atoms with Gasteiger partial charge in [-0.3, -0.25) is 4.99 Å². The molecule has 0 heterocycles. The van der Waals surface area contributed by atoms with Gasteiger partial charge in [0, 0.05) is 26.1 Å². The summed E-state index contributed by atoms with van der Waals surface area (Å²) >= 11 is 0. The highest BCUT2D eigenvalue weighted by Crippen LogP contribution is 2.14. The normalized spacial score (nSPS) is 14.0. The number of aliphatic hydroxyl groups excluding tert-OH is 1. The molecule has 0 saturated carbocycles. The predicted octanol–water partition coefficient (Wildman–Crippen LogP) is 2.73. The summed E-state index contributed by atoms with van der Waals surface area (Å²) in [6.45, 7) is 3.74. The van der Waals surface area contributed by atoms with Crippen molar-refractivity contribution < 1.29 is 5.11 Å². The fourth-order valence-electron chi connectivity index (χ4n) is 2.60. The standard InChI is InChI=1S/C20H27N3O/c1-16(17-9-5-3-6-10-17)13-22-20(21-2)23-14-19(15-24)18-11-7-4-8-12-18/h3-12,16,19,24H,13-15H2,1-2H3,(H2,21,22,23). The van der Waals surface area contributed by atoms with E-state index in [0.717, 1.165) is 18.1 Å². The fraction of sp³-hybridized carbons (Fsp3) is 0.350. The second kappa shape index (κ2) is 9.73. The third kappa shape index (κ3) is 5.39. The first-order chi connectivity index (χ1) is 11.7. The van der Waals surface area contributed by atoms with Gasteiger partial charge < -0.3 is 15.7 Å². The Hall–Kier alpha value is -2.33. The highest BCUT2D eigenvalue weighted by molar-refractivity contribution is 5.79. The van der Waals surface area contributed by atoms with Crippen molar-refractivity contribution in [2.45, 2.75) is 18.8 Å². The van der Waals surface area contributed by atoms with E-state index < -0.39 is 0 Å². The zero-order valence-corrected chi connectivity index (χ0v) is 14.4. The number of rotatable bonds is 7. The Balaban J connectivity index is 1.84. The van der Waals surface area contributed by atoms with Crippen LogP contribution in [0.1, 0.15) is 29.9 Å². The Labute approximate surface area is 144 Å². The molecule has 2 aromatic rings. The number of benzene rings is 2. The molecule has 0 aliphatic heterocycles. The van der Waals surface area contributed by atoms with Crippen molar-refractivity contribution in [3.8, 4) is 0 Å². The number of guanidine groups is 1. The van der Waals surface area contributed by atoms with Crippen LogP contribution in [0.15, 0.2) is 65.7 Å². The quantitative estimate of drug-likeness (QED) is 0.542. The molecule has 3 N–H and O–H groups in total. The minimum Gasteiger partial charge on any atom is -0.396 e. The Morgan fingerprint density at radius 2 is 1.46 bits per heavy atom. The van der Waals surface area contributed by atoms with Gasteiger partial charge in [0.2, 0.25) is 0 Å². The summed E-state index contributed by atoms with van der Waals surface area (Å²) in [5.41, 5.74) is 2.43. The lowest BCUT2D eigenvalue weighted by Crippen LogP contribution is -2.41. The van der Waals surface area contributed by atoms with Crippen molar-refractivity contribution in [1.82, 2.24) is 10.6 Å². The first kappa shape index (κ1) is 18.0. The molecule has 0 radical (unpaired) electrons. The van der Waals surface area contributed by atoms with Crippen LogP contribution in [0.4, 0.5) is 0 Å². The smallest absolute Gasteiger partial charge is 0.191 e. The molecule has 24 heavy (non-hydrogen) atoms. The molecular formula is C20H27N3O. The van der Waals surface area contributed by atoms with Gasteiger partial charge in [0.05, 0.1) is 6.61 Å². The highest BCUT2D eigenvalue weighted by atomic mass is 16.3. The first-order valence-electron chi connectivity index (χ1n) is 8.39. The second-order valence-corrected chi connectivity index (χ2v) is 5.94. The maximum Gasteiger partial charge on any atom is 0.191 e. The number of nitrogens with zero attached hydrogens (tertiary/aromatic N) is 1. The van der Waals surface area contributed by atoms with E-state index in [1.54, 1.807) is 7.05 Å². The monoisotopic (exact) mass is 325 g/mol. The number of nitrogens with one attached hydrogen (secondary N) is 2. The van der Waals surface area contributed by atoms with E-state index in [0.29, 0.717) is 12.5 Å². The number of hydrogen-bond donors (Lipinski definition) is 3. The third-order valence-electron chi connectivity index (χ3n) is 4.18. The van der Waals surface area contributed by atoms with Gasteiger partial charge >= 0.3 is 0 Å². The van der Waals surface area contributed by atoms with Crippen molar-refractivity contribution in [2.24, 2.45) is 4.99 Å². The van der Waals surface area contributed by atoms with E-state index in [-0.39, 0.29) is 12.5 Å². The average Bonchev–Trinajstić information content (AvgIpc) is 2.66. The van der Waals surface area contributed by atoms with Crippen LogP contribution in [0.3, 0.4) is 0 Å². The van der Waals surface area contributed by atoms with Crippen molar-refractivity contribution in [3.05, 3.63) is 71.8 Å². The molecule has 2 atom stereocenters. The molecule has 0 amide bonds. The Morgan fingerprint density at radius 1 is 0.917 bits per heavy atom. The molecule has 0 aromatic heterocycles. The molecule has 0 aliphatic carbocycles. The summed E-state index contributed by atoms with van der Waals surface area (Å²) in [5.74, 6) is 1.20. The van der Waals surface area contributed by atoms with Crippen LogP contribution in [-0.2, 0) is 0 Å². The van der Waals surface area contributed by atoms with Crippen LogP contribution < -0.4 is 10.6 Å². The topological polar surface area (TPSA) is 56.7 Å². The summed E-state index contributed by atoms with van der Waals surface area (Å²) in [5, 5.41) is 16.3. The van der Waals surface area contributed by atoms with Gasteiger partial charge in [0.15, 0.2) is 5.96 Å². The van der Waals surface area contributed by atoms with Gasteiger partial charge in [-0.05, 0) is 17.0 Å². The van der Waals surface area contributed by atoms with Crippen LogP contribution in [0.5, 0.6) is 0 Å². The van der Waals surface area contributed by atoms with Crippen molar-refractivity contribution >= 4 is 5.96 Å². The lowest BCUT2D eigenvalue weighted by atomic mass is 10.0. The lowest BCUT2D eigenvalue weighted by molar-refractivity contribution is 0.265. The zero-order valence-electron chi connectivity index (χ0n) is 14.4. The second-order valence-electron chi connectivity index (χ2n) is 5.94. The molecule has 128 valence electrons. The van der Waals surface area contributed by atoms with Gasteiger partial charge in [-0.1, -0.05) is 67.6 Å². The van der Waals surface area contributed by atoms with E-state index in [2.05, 4.69) is 46.8 Å². The molecule has 0 spiro atoms. The lowest BCUT2D eigenvalue weighted by Gasteiger charge is -2.19. The minimum absolute atomic E-state index is 0.0521. The minimum atomic E-state index is 0.0521. The molecule has 2 rings (SSSR count).